The van der Waals surface area contributed by atoms with E-state index in [-0.39, 0.29) is 6.04 Å². The Labute approximate surface area is 147 Å². The van der Waals surface area contributed by atoms with E-state index in [0.717, 1.165) is 12.0 Å². The van der Waals surface area contributed by atoms with E-state index in [1.54, 1.807) is 0 Å². The standard InChI is InChI=1S/C18H23N3O4/c1-11(2)9-13-5-7-14(8-6-13)12(3)19-15(22)10-21-17(24)16(23)20(4)18(21)25/h5-8,11-12H,9-10H2,1-4H3,(H,19,22)/t12-/m0/s1. The van der Waals surface area contributed by atoms with Gasteiger partial charge in [0.15, 0.2) is 0 Å². The number of nitrogens with zero attached hydrogens (tertiary/aromatic N) is 2. The van der Waals surface area contributed by atoms with Gasteiger partial charge < -0.3 is 5.32 Å². The minimum absolute atomic E-state index is 0.276. The average molecular weight is 345 g/mol. The van der Waals surface area contributed by atoms with Gasteiger partial charge in [-0.2, -0.15) is 0 Å². The van der Waals surface area contributed by atoms with Gasteiger partial charge in [-0.05, 0) is 30.4 Å². The van der Waals surface area contributed by atoms with Crippen molar-refractivity contribution in [2.24, 2.45) is 5.92 Å². The van der Waals surface area contributed by atoms with Crippen LogP contribution in [0.4, 0.5) is 4.79 Å². The molecule has 5 amide bonds. The van der Waals surface area contributed by atoms with Gasteiger partial charge in [0.25, 0.3) is 0 Å². The summed E-state index contributed by atoms with van der Waals surface area (Å²) in [6, 6.07) is 6.90. The molecule has 134 valence electrons. The van der Waals surface area contributed by atoms with Crippen LogP contribution in [0.2, 0.25) is 0 Å². The highest BCUT2D eigenvalue weighted by atomic mass is 16.2. The van der Waals surface area contributed by atoms with Gasteiger partial charge in [0.2, 0.25) is 5.91 Å². The van der Waals surface area contributed by atoms with Gasteiger partial charge in [0.05, 0.1) is 6.04 Å². The van der Waals surface area contributed by atoms with Crippen molar-refractivity contribution in [3.8, 4) is 0 Å². The van der Waals surface area contributed by atoms with Gasteiger partial charge in [-0.15, -0.1) is 0 Å². The summed E-state index contributed by atoms with van der Waals surface area (Å²) in [5.74, 6) is -1.83. The fraction of sp³-hybridized carbons (Fsp3) is 0.444. The van der Waals surface area contributed by atoms with E-state index in [1.165, 1.54) is 12.6 Å². The Morgan fingerprint density at radius 2 is 1.64 bits per heavy atom. The Bertz CT molecular complexity index is 697. The number of carbonyl (C=O) groups is 4. The molecule has 1 heterocycles. The lowest BCUT2D eigenvalue weighted by Gasteiger charge is -2.17. The molecule has 0 unspecified atom stereocenters. The lowest BCUT2D eigenvalue weighted by atomic mass is 10.00. The number of carbonyl (C=O) groups excluding carboxylic acids is 4. The Morgan fingerprint density at radius 1 is 1.04 bits per heavy atom. The third kappa shape index (κ3) is 4.23. The van der Waals surface area contributed by atoms with Crippen molar-refractivity contribution < 1.29 is 19.2 Å². The average Bonchev–Trinajstić information content (AvgIpc) is 2.73. The van der Waals surface area contributed by atoms with Crippen LogP contribution in [-0.2, 0) is 20.8 Å². The van der Waals surface area contributed by atoms with E-state index in [4.69, 9.17) is 0 Å². The van der Waals surface area contributed by atoms with Gasteiger partial charge in [-0.25, -0.2) is 9.69 Å². The van der Waals surface area contributed by atoms with Crippen LogP contribution in [0.5, 0.6) is 0 Å². The van der Waals surface area contributed by atoms with Crippen molar-refractivity contribution in [3.05, 3.63) is 35.4 Å². The molecule has 0 aliphatic carbocycles. The molecule has 1 aromatic carbocycles. The van der Waals surface area contributed by atoms with Crippen LogP contribution < -0.4 is 5.32 Å². The number of rotatable bonds is 6. The van der Waals surface area contributed by atoms with E-state index in [9.17, 15) is 19.2 Å². The summed E-state index contributed by atoms with van der Waals surface area (Å²) >= 11 is 0. The van der Waals surface area contributed by atoms with Crippen molar-refractivity contribution in [2.45, 2.75) is 33.2 Å². The zero-order chi connectivity index (χ0) is 18.7. The smallest absolute Gasteiger partial charge is 0.334 e. The zero-order valence-electron chi connectivity index (χ0n) is 14.9. The molecule has 1 atom stereocenters. The summed E-state index contributed by atoms with van der Waals surface area (Å²) in [6.45, 7) is 5.66. The molecule has 7 nitrogen and oxygen atoms in total. The summed E-state index contributed by atoms with van der Waals surface area (Å²) < 4.78 is 0. The molecule has 1 aromatic rings. The summed E-state index contributed by atoms with van der Waals surface area (Å²) in [7, 11) is 1.21. The van der Waals surface area contributed by atoms with Crippen LogP contribution in [0.1, 0.15) is 37.9 Å². The van der Waals surface area contributed by atoms with Gasteiger partial charge in [0.1, 0.15) is 6.54 Å². The highest BCUT2D eigenvalue weighted by Crippen LogP contribution is 2.16. The predicted octanol–water partition coefficient (Wildman–Crippen LogP) is 1.48. The molecule has 2 rings (SSSR count). The number of hydrogen-bond donors (Lipinski definition) is 1. The first-order valence-electron chi connectivity index (χ1n) is 8.22. The van der Waals surface area contributed by atoms with Crippen molar-refractivity contribution in [1.82, 2.24) is 15.1 Å². The fourth-order valence-corrected chi connectivity index (χ4v) is 2.68. The van der Waals surface area contributed by atoms with Crippen molar-refractivity contribution in [3.63, 3.8) is 0 Å². The minimum atomic E-state index is -0.978. The Hall–Kier alpha value is -2.70. The van der Waals surface area contributed by atoms with Crippen LogP contribution in [0, 0.1) is 5.92 Å². The highest BCUT2D eigenvalue weighted by molar-refractivity contribution is 6.44. The molecular weight excluding hydrogens is 322 g/mol. The first-order chi connectivity index (χ1) is 11.7. The maximum atomic E-state index is 12.1. The quantitative estimate of drug-likeness (QED) is 0.625. The second kappa shape index (κ2) is 7.46. The van der Waals surface area contributed by atoms with Crippen molar-refractivity contribution in [2.75, 3.05) is 13.6 Å². The van der Waals surface area contributed by atoms with Gasteiger partial charge in [-0.3, -0.25) is 19.3 Å². The Balaban J connectivity index is 1.95. The van der Waals surface area contributed by atoms with E-state index in [0.29, 0.717) is 15.7 Å². The van der Waals surface area contributed by atoms with E-state index in [1.807, 2.05) is 31.2 Å². The number of hydrogen-bond acceptors (Lipinski definition) is 4. The maximum absolute atomic E-state index is 12.1. The second-order valence-corrected chi connectivity index (χ2v) is 6.67. The van der Waals surface area contributed by atoms with Gasteiger partial charge in [0, 0.05) is 7.05 Å². The van der Waals surface area contributed by atoms with Crippen LogP contribution in [0.25, 0.3) is 0 Å². The van der Waals surface area contributed by atoms with Crippen molar-refractivity contribution in [1.29, 1.82) is 0 Å². The monoisotopic (exact) mass is 345 g/mol. The van der Waals surface area contributed by atoms with Gasteiger partial charge >= 0.3 is 17.8 Å². The molecule has 0 radical (unpaired) electrons. The summed E-state index contributed by atoms with van der Waals surface area (Å²) in [6.07, 6.45) is 0.988. The van der Waals surface area contributed by atoms with Crippen LogP contribution >= 0.6 is 0 Å². The molecule has 1 fully saturated rings. The molecule has 1 aliphatic rings. The van der Waals surface area contributed by atoms with Crippen molar-refractivity contribution >= 4 is 23.8 Å². The summed E-state index contributed by atoms with van der Waals surface area (Å²) in [4.78, 5) is 48.4. The van der Waals surface area contributed by atoms with Crippen LogP contribution in [0.15, 0.2) is 24.3 Å². The largest absolute Gasteiger partial charge is 0.348 e. The maximum Gasteiger partial charge on any atom is 0.334 e. The zero-order valence-corrected chi connectivity index (χ0v) is 14.9. The Kier molecular flexibility index (Phi) is 5.56. The molecular formula is C18H23N3O4. The molecule has 0 saturated carbocycles. The second-order valence-electron chi connectivity index (χ2n) is 6.67. The van der Waals surface area contributed by atoms with E-state index < -0.39 is 30.3 Å². The van der Waals surface area contributed by atoms with E-state index >= 15 is 0 Å². The lowest BCUT2D eigenvalue weighted by Crippen LogP contribution is -2.41. The van der Waals surface area contributed by atoms with Gasteiger partial charge in [-0.1, -0.05) is 38.1 Å². The topological polar surface area (TPSA) is 86.8 Å². The van der Waals surface area contributed by atoms with Crippen LogP contribution in [0.3, 0.4) is 0 Å². The lowest BCUT2D eigenvalue weighted by molar-refractivity contribution is -0.143. The first kappa shape index (κ1) is 18.6. The number of likely N-dealkylation sites (N-methyl/N-ethyl adjacent to an activating group) is 1. The predicted molar refractivity (Wildman–Crippen MR) is 91.4 cm³/mol. The number of amides is 5. The molecule has 1 aliphatic heterocycles. The third-order valence-electron chi connectivity index (χ3n) is 4.05. The SMILES string of the molecule is CC(C)Cc1ccc([C@H](C)NC(=O)CN2C(=O)C(=O)N(C)C2=O)cc1. The molecule has 1 N–H and O–H groups in total. The fourth-order valence-electron chi connectivity index (χ4n) is 2.68. The highest BCUT2D eigenvalue weighted by Gasteiger charge is 2.43. The number of urea groups is 1. The summed E-state index contributed by atoms with van der Waals surface area (Å²) in [5, 5.41) is 2.74. The molecule has 1 saturated heterocycles. The number of nitrogens with one attached hydrogen (secondary N) is 1. The minimum Gasteiger partial charge on any atom is -0.348 e. The number of benzene rings is 1. The molecule has 0 bridgehead atoms. The summed E-state index contributed by atoms with van der Waals surface area (Å²) in [5.41, 5.74) is 2.15. The molecule has 0 spiro atoms. The first-order valence-corrected chi connectivity index (χ1v) is 8.22. The number of imide groups is 2. The van der Waals surface area contributed by atoms with Crippen LogP contribution in [-0.4, -0.2) is 47.1 Å². The molecule has 0 aromatic heterocycles. The van der Waals surface area contributed by atoms with E-state index in [2.05, 4.69) is 19.2 Å². The molecule has 25 heavy (non-hydrogen) atoms. The molecule has 7 heteroatoms. The Morgan fingerprint density at radius 3 is 2.12 bits per heavy atom. The third-order valence-corrected chi connectivity index (χ3v) is 4.05. The normalized spacial score (nSPS) is 16.0.